The van der Waals surface area contributed by atoms with E-state index in [-0.39, 0.29) is 5.91 Å². The van der Waals surface area contributed by atoms with Gasteiger partial charge < -0.3 is 11.1 Å². The Morgan fingerprint density at radius 1 is 1.37 bits per heavy atom. The average molecular weight is 288 g/mol. The lowest BCUT2D eigenvalue weighted by Gasteiger charge is -2.09. The summed E-state index contributed by atoms with van der Waals surface area (Å²) in [5, 5.41) is 2.73. The van der Waals surface area contributed by atoms with Crippen LogP contribution >= 0.6 is 11.8 Å². The molecule has 3 nitrogen and oxygen atoms in total. The SMILES string of the molecule is CC(CN)CCC(=O)Nc1ccc(SC(F)F)cc1. The van der Waals surface area contributed by atoms with Gasteiger partial charge in [-0.15, -0.1) is 0 Å². The van der Waals surface area contributed by atoms with Crippen LogP contribution in [0.15, 0.2) is 29.2 Å². The largest absolute Gasteiger partial charge is 0.330 e. The summed E-state index contributed by atoms with van der Waals surface area (Å²) in [4.78, 5) is 12.1. The number of anilines is 1. The van der Waals surface area contributed by atoms with Gasteiger partial charge in [-0.2, -0.15) is 8.78 Å². The van der Waals surface area contributed by atoms with Crippen molar-refractivity contribution in [2.45, 2.75) is 30.4 Å². The van der Waals surface area contributed by atoms with E-state index in [0.29, 0.717) is 41.2 Å². The maximum absolute atomic E-state index is 12.1. The molecule has 1 unspecified atom stereocenters. The molecule has 106 valence electrons. The van der Waals surface area contributed by atoms with Gasteiger partial charge in [0.15, 0.2) is 0 Å². The Kier molecular flexibility index (Phi) is 6.80. The van der Waals surface area contributed by atoms with Gasteiger partial charge in [-0.3, -0.25) is 4.79 Å². The first-order chi connectivity index (χ1) is 9.01. The number of nitrogens with two attached hydrogens (primary N) is 1. The molecule has 0 fully saturated rings. The third-order valence-corrected chi connectivity index (χ3v) is 3.35. The minimum Gasteiger partial charge on any atom is -0.330 e. The van der Waals surface area contributed by atoms with E-state index in [1.165, 1.54) is 0 Å². The predicted octanol–water partition coefficient (Wildman–Crippen LogP) is 3.31. The molecule has 1 amide bonds. The van der Waals surface area contributed by atoms with Gasteiger partial charge in [0.1, 0.15) is 0 Å². The highest BCUT2D eigenvalue weighted by molar-refractivity contribution is 7.99. The van der Waals surface area contributed by atoms with Crippen molar-refractivity contribution >= 4 is 23.4 Å². The van der Waals surface area contributed by atoms with E-state index in [1.54, 1.807) is 24.3 Å². The Morgan fingerprint density at radius 3 is 2.53 bits per heavy atom. The standard InChI is InChI=1S/C13H18F2N2OS/c1-9(8-16)2-7-12(18)17-10-3-5-11(6-4-10)19-13(14)15/h3-6,9,13H,2,7-8,16H2,1H3,(H,17,18). The van der Waals surface area contributed by atoms with Gasteiger partial charge >= 0.3 is 0 Å². The van der Waals surface area contributed by atoms with Crippen LogP contribution in [0.1, 0.15) is 19.8 Å². The molecule has 0 saturated carbocycles. The molecule has 0 spiro atoms. The van der Waals surface area contributed by atoms with Crippen molar-refractivity contribution in [2.24, 2.45) is 11.7 Å². The van der Waals surface area contributed by atoms with E-state index >= 15 is 0 Å². The summed E-state index contributed by atoms with van der Waals surface area (Å²) in [6.45, 7) is 2.55. The van der Waals surface area contributed by atoms with Gasteiger partial charge in [0.2, 0.25) is 5.91 Å². The van der Waals surface area contributed by atoms with Gasteiger partial charge in [0, 0.05) is 17.0 Å². The number of amides is 1. The van der Waals surface area contributed by atoms with E-state index in [1.807, 2.05) is 6.92 Å². The van der Waals surface area contributed by atoms with E-state index in [4.69, 9.17) is 5.73 Å². The first kappa shape index (κ1) is 15.9. The molecule has 0 aromatic heterocycles. The Labute approximate surface area is 115 Å². The Balaban J connectivity index is 2.42. The van der Waals surface area contributed by atoms with Crippen molar-refractivity contribution in [3.63, 3.8) is 0 Å². The maximum atomic E-state index is 12.1. The minimum atomic E-state index is -2.43. The van der Waals surface area contributed by atoms with Gasteiger partial charge in [-0.1, -0.05) is 18.7 Å². The average Bonchev–Trinajstić information content (AvgIpc) is 2.37. The number of nitrogens with one attached hydrogen (secondary N) is 1. The number of hydrogen-bond donors (Lipinski definition) is 2. The van der Waals surface area contributed by atoms with E-state index in [2.05, 4.69) is 5.32 Å². The highest BCUT2D eigenvalue weighted by atomic mass is 32.2. The second kappa shape index (κ2) is 8.12. The molecule has 0 bridgehead atoms. The number of carbonyl (C=O) groups excluding carboxylic acids is 1. The van der Waals surface area contributed by atoms with Crippen molar-refractivity contribution in [3.05, 3.63) is 24.3 Å². The molecule has 1 aromatic rings. The number of benzene rings is 1. The third kappa shape index (κ3) is 6.54. The molecule has 0 aliphatic rings. The predicted molar refractivity (Wildman–Crippen MR) is 74.4 cm³/mol. The summed E-state index contributed by atoms with van der Waals surface area (Å²) >= 11 is 0.483. The van der Waals surface area contributed by atoms with E-state index in [0.717, 1.165) is 6.42 Å². The maximum Gasteiger partial charge on any atom is 0.288 e. The highest BCUT2D eigenvalue weighted by Gasteiger charge is 2.07. The molecule has 0 saturated heterocycles. The van der Waals surface area contributed by atoms with Crippen molar-refractivity contribution < 1.29 is 13.6 Å². The molecule has 19 heavy (non-hydrogen) atoms. The fourth-order valence-electron chi connectivity index (χ4n) is 1.44. The number of alkyl halides is 2. The molecular formula is C13H18F2N2OS. The molecule has 1 rings (SSSR count). The van der Waals surface area contributed by atoms with Crippen LogP contribution in [0.2, 0.25) is 0 Å². The number of halogens is 2. The Morgan fingerprint density at radius 2 is 2.00 bits per heavy atom. The monoisotopic (exact) mass is 288 g/mol. The summed E-state index contributed by atoms with van der Waals surface area (Å²) < 4.78 is 24.2. The number of carbonyl (C=O) groups is 1. The van der Waals surface area contributed by atoms with Crippen LogP contribution in [0.25, 0.3) is 0 Å². The number of thioether (sulfide) groups is 1. The van der Waals surface area contributed by atoms with Crippen LogP contribution < -0.4 is 11.1 Å². The lowest BCUT2D eigenvalue weighted by molar-refractivity contribution is -0.116. The molecule has 1 atom stereocenters. The molecule has 0 aliphatic heterocycles. The summed E-state index contributed by atoms with van der Waals surface area (Å²) in [7, 11) is 0. The first-order valence-electron chi connectivity index (χ1n) is 6.06. The summed E-state index contributed by atoms with van der Waals surface area (Å²) in [6, 6.07) is 6.37. The van der Waals surface area contributed by atoms with Crippen LogP contribution in [0, 0.1) is 5.92 Å². The Bertz CT molecular complexity index is 398. The number of hydrogen-bond acceptors (Lipinski definition) is 3. The van der Waals surface area contributed by atoms with Crippen LogP contribution in [0.3, 0.4) is 0 Å². The van der Waals surface area contributed by atoms with Gasteiger partial charge in [0.05, 0.1) is 0 Å². The molecule has 0 radical (unpaired) electrons. The van der Waals surface area contributed by atoms with Crippen LogP contribution in [-0.4, -0.2) is 18.2 Å². The highest BCUT2D eigenvalue weighted by Crippen LogP contribution is 2.26. The number of rotatable bonds is 7. The molecule has 0 heterocycles. The first-order valence-corrected chi connectivity index (χ1v) is 6.94. The van der Waals surface area contributed by atoms with Gasteiger partial charge in [-0.05, 0) is 43.1 Å². The zero-order valence-electron chi connectivity index (χ0n) is 10.7. The van der Waals surface area contributed by atoms with Crippen molar-refractivity contribution in [2.75, 3.05) is 11.9 Å². The zero-order valence-corrected chi connectivity index (χ0v) is 11.6. The quantitative estimate of drug-likeness (QED) is 0.757. The van der Waals surface area contributed by atoms with Crippen molar-refractivity contribution in [1.29, 1.82) is 0 Å². The van der Waals surface area contributed by atoms with Crippen LogP contribution in [-0.2, 0) is 4.79 Å². The summed E-state index contributed by atoms with van der Waals surface area (Å²) in [5.41, 5.74) is 6.09. The minimum absolute atomic E-state index is 0.0884. The second-order valence-electron chi connectivity index (χ2n) is 4.33. The normalized spacial score (nSPS) is 12.5. The molecule has 6 heteroatoms. The fourth-order valence-corrected chi connectivity index (χ4v) is 1.94. The van der Waals surface area contributed by atoms with E-state index in [9.17, 15) is 13.6 Å². The molecule has 3 N–H and O–H groups in total. The van der Waals surface area contributed by atoms with Gasteiger partial charge in [0.25, 0.3) is 5.76 Å². The van der Waals surface area contributed by atoms with Gasteiger partial charge in [-0.25, -0.2) is 0 Å². The summed E-state index contributed by atoms with van der Waals surface area (Å²) in [6.07, 6.45) is 1.15. The van der Waals surface area contributed by atoms with Crippen LogP contribution in [0.5, 0.6) is 0 Å². The second-order valence-corrected chi connectivity index (χ2v) is 5.39. The Hall–Kier alpha value is -1.14. The smallest absolute Gasteiger partial charge is 0.288 e. The fraction of sp³-hybridized carbons (Fsp3) is 0.462. The molecular weight excluding hydrogens is 270 g/mol. The van der Waals surface area contributed by atoms with Crippen molar-refractivity contribution in [1.82, 2.24) is 0 Å². The summed E-state index contributed by atoms with van der Waals surface area (Å²) in [5.74, 6) is -2.21. The topological polar surface area (TPSA) is 55.1 Å². The van der Waals surface area contributed by atoms with E-state index < -0.39 is 5.76 Å². The van der Waals surface area contributed by atoms with Crippen LogP contribution in [0.4, 0.5) is 14.5 Å². The lowest BCUT2D eigenvalue weighted by atomic mass is 10.1. The zero-order chi connectivity index (χ0) is 14.3. The third-order valence-electron chi connectivity index (χ3n) is 2.63. The molecule has 1 aromatic carbocycles. The lowest BCUT2D eigenvalue weighted by Crippen LogP contribution is -2.16. The van der Waals surface area contributed by atoms with Crippen molar-refractivity contribution in [3.8, 4) is 0 Å². The molecule has 0 aliphatic carbocycles.